The molecule has 1 saturated heterocycles. The van der Waals surface area contributed by atoms with Crippen LogP contribution in [0.15, 0.2) is 77.3 Å². The molecule has 0 aromatic heterocycles. The molecule has 0 amide bonds. The second kappa shape index (κ2) is 12.4. The van der Waals surface area contributed by atoms with Gasteiger partial charge in [-0.15, -0.1) is 0 Å². The Balaban J connectivity index is 1.77. The number of carbonyl (C=O) groups is 2. The van der Waals surface area contributed by atoms with Crippen LogP contribution < -0.4 is 15.4 Å². The number of aliphatic hydroxyl groups excluding tert-OH is 4. The molecule has 2 aromatic rings. The Bertz CT molecular complexity index is 1380. The minimum absolute atomic E-state index is 0.00843. The highest BCUT2D eigenvalue weighted by Gasteiger charge is 2.45. The molecule has 2 aliphatic rings. The normalized spacial score (nSPS) is 26.3. The summed E-state index contributed by atoms with van der Waals surface area (Å²) in [6, 6.07) is 16.4. The first-order valence-electron chi connectivity index (χ1n) is 12.4. The molecule has 2 aliphatic heterocycles. The zero-order valence-electron chi connectivity index (χ0n) is 22.1. The monoisotopic (exact) mass is 567 g/mol. The topological polar surface area (TPSA) is 205 Å². The lowest BCUT2D eigenvalue weighted by Crippen LogP contribution is -2.60. The van der Waals surface area contributed by atoms with Gasteiger partial charge in [-0.25, -0.2) is 9.59 Å². The SMILES string of the molecule is COC(=O)C1=C(C(=O)OC)N(c2ccc(OC3OC(CO)C(O)C(O)C3O)cc2)C(N)=C(C#N)C1c1ccccc1. The fraction of sp³-hybridized carbons (Fsp3) is 0.321. The molecule has 13 heteroatoms. The van der Waals surface area contributed by atoms with Crippen LogP contribution in [0.1, 0.15) is 11.5 Å². The molecule has 0 bridgehead atoms. The van der Waals surface area contributed by atoms with Crippen LogP contribution in [-0.4, -0.2) is 83.9 Å². The number of methoxy groups -OCH3 is 2. The van der Waals surface area contributed by atoms with E-state index in [1.165, 1.54) is 29.2 Å². The average Bonchev–Trinajstić information content (AvgIpc) is 3.00. The number of hydrogen-bond donors (Lipinski definition) is 5. The Kier molecular flexibility index (Phi) is 8.92. The fourth-order valence-corrected chi connectivity index (χ4v) is 4.75. The second-order valence-corrected chi connectivity index (χ2v) is 9.14. The Labute approximate surface area is 234 Å². The third-order valence-electron chi connectivity index (χ3n) is 6.81. The summed E-state index contributed by atoms with van der Waals surface area (Å²) in [5.41, 5.74) is 6.82. The maximum absolute atomic E-state index is 13.2. The highest BCUT2D eigenvalue weighted by atomic mass is 16.7. The molecule has 4 rings (SSSR count). The van der Waals surface area contributed by atoms with Crippen molar-refractivity contribution in [1.29, 1.82) is 5.26 Å². The van der Waals surface area contributed by atoms with E-state index in [1.54, 1.807) is 30.3 Å². The third kappa shape index (κ3) is 5.47. The number of anilines is 1. The van der Waals surface area contributed by atoms with Crippen molar-refractivity contribution in [3.8, 4) is 11.8 Å². The number of hydrogen-bond acceptors (Lipinski definition) is 13. The predicted octanol–water partition coefficient (Wildman–Crippen LogP) is -0.237. The number of nitrogens with zero attached hydrogens (tertiary/aromatic N) is 2. The number of ether oxygens (including phenoxy) is 4. The van der Waals surface area contributed by atoms with Crippen molar-refractivity contribution in [2.24, 2.45) is 5.73 Å². The summed E-state index contributed by atoms with van der Waals surface area (Å²) in [4.78, 5) is 27.5. The number of aliphatic hydroxyl groups is 4. The molecule has 0 saturated carbocycles. The van der Waals surface area contributed by atoms with E-state index in [2.05, 4.69) is 6.07 Å². The van der Waals surface area contributed by atoms with Gasteiger partial charge in [0, 0.05) is 5.69 Å². The van der Waals surface area contributed by atoms with Crippen LogP contribution in [0.4, 0.5) is 5.69 Å². The Morgan fingerprint density at radius 2 is 1.61 bits per heavy atom. The lowest BCUT2D eigenvalue weighted by molar-refractivity contribution is -0.277. The number of benzene rings is 2. The summed E-state index contributed by atoms with van der Waals surface area (Å²) >= 11 is 0. The van der Waals surface area contributed by atoms with Crippen LogP contribution in [0.2, 0.25) is 0 Å². The zero-order chi connectivity index (χ0) is 29.8. The van der Waals surface area contributed by atoms with Crippen LogP contribution in [0, 0.1) is 11.3 Å². The molecule has 13 nitrogen and oxygen atoms in total. The van der Waals surface area contributed by atoms with Crippen molar-refractivity contribution in [3.63, 3.8) is 0 Å². The molecule has 41 heavy (non-hydrogen) atoms. The molecular formula is C28H29N3O10. The molecule has 0 aliphatic carbocycles. The smallest absolute Gasteiger partial charge is 0.355 e. The van der Waals surface area contributed by atoms with Crippen molar-refractivity contribution >= 4 is 17.6 Å². The number of rotatable bonds is 7. The van der Waals surface area contributed by atoms with Crippen LogP contribution in [0.25, 0.3) is 0 Å². The van der Waals surface area contributed by atoms with Gasteiger partial charge in [0.1, 0.15) is 41.7 Å². The molecule has 6 unspecified atom stereocenters. The van der Waals surface area contributed by atoms with E-state index in [9.17, 15) is 35.3 Å². The molecule has 216 valence electrons. The van der Waals surface area contributed by atoms with E-state index in [4.69, 9.17) is 24.7 Å². The molecule has 2 heterocycles. The summed E-state index contributed by atoms with van der Waals surface area (Å²) in [6.45, 7) is -0.624. The van der Waals surface area contributed by atoms with Crippen LogP contribution in [-0.2, 0) is 23.8 Å². The van der Waals surface area contributed by atoms with Gasteiger partial charge in [0.25, 0.3) is 0 Å². The van der Waals surface area contributed by atoms with Gasteiger partial charge >= 0.3 is 11.9 Å². The van der Waals surface area contributed by atoms with E-state index in [-0.39, 0.29) is 34.1 Å². The lowest BCUT2D eigenvalue weighted by atomic mass is 9.81. The summed E-state index contributed by atoms with van der Waals surface area (Å²) in [7, 11) is 2.28. The van der Waals surface area contributed by atoms with Crippen molar-refractivity contribution < 1.29 is 49.0 Å². The van der Waals surface area contributed by atoms with E-state index >= 15 is 0 Å². The van der Waals surface area contributed by atoms with E-state index < -0.39 is 55.2 Å². The summed E-state index contributed by atoms with van der Waals surface area (Å²) in [6.07, 6.45) is -7.40. The molecule has 0 radical (unpaired) electrons. The summed E-state index contributed by atoms with van der Waals surface area (Å²) in [5.74, 6) is -2.79. The van der Waals surface area contributed by atoms with Gasteiger partial charge in [-0.2, -0.15) is 5.26 Å². The number of carbonyl (C=O) groups excluding carboxylic acids is 2. The molecule has 6 atom stereocenters. The van der Waals surface area contributed by atoms with Gasteiger partial charge in [0.2, 0.25) is 6.29 Å². The van der Waals surface area contributed by atoms with Crippen LogP contribution >= 0.6 is 0 Å². The minimum atomic E-state index is -1.63. The second-order valence-electron chi connectivity index (χ2n) is 9.14. The zero-order valence-corrected chi connectivity index (χ0v) is 22.1. The fourth-order valence-electron chi connectivity index (χ4n) is 4.75. The van der Waals surface area contributed by atoms with E-state index in [0.29, 0.717) is 5.56 Å². The Morgan fingerprint density at radius 1 is 0.976 bits per heavy atom. The van der Waals surface area contributed by atoms with Crippen LogP contribution in [0.3, 0.4) is 0 Å². The third-order valence-corrected chi connectivity index (χ3v) is 6.81. The maximum Gasteiger partial charge on any atom is 0.355 e. The highest BCUT2D eigenvalue weighted by Crippen LogP contribution is 2.43. The summed E-state index contributed by atoms with van der Waals surface area (Å²) < 4.78 is 21.0. The standard InChI is InChI=1S/C28H29N3O10/c1-38-26(36)20-19(14-6-4-3-5-7-14)17(12-29)25(30)31(21(20)27(37)39-2)15-8-10-16(11-9-15)40-28-24(35)23(34)22(33)18(13-32)41-28/h3-11,18-19,22-24,28,32-35H,13,30H2,1-2H3. The summed E-state index contributed by atoms with van der Waals surface area (Å²) in [5, 5.41) is 49.8. The van der Waals surface area contributed by atoms with Crippen molar-refractivity contribution in [2.45, 2.75) is 36.6 Å². The van der Waals surface area contributed by atoms with E-state index in [0.717, 1.165) is 14.2 Å². The average molecular weight is 568 g/mol. The first kappa shape index (κ1) is 29.5. The molecule has 1 fully saturated rings. The number of nitriles is 1. The number of esters is 2. The molecule has 2 aromatic carbocycles. The van der Waals surface area contributed by atoms with Gasteiger partial charge in [-0.05, 0) is 29.8 Å². The van der Waals surface area contributed by atoms with Gasteiger partial charge in [0.15, 0.2) is 0 Å². The minimum Gasteiger partial charge on any atom is -0.466 e. The first-order valence-corrected chi connectivity index (χ1v) is 12.4. The maximum atomic E-state index is 13.2. The van der Waals surface area contributed by atoms with Gasteiger partial charge in [0.05, 0.1) is 44.0 Å². The highest BCUT2D eigenvalue weighted by molar-refractivity contribution is 6.06. The van der Waals surface area contributed by atoms with Gasteiger partial charge in [-0.1, -0.05) is 30.3 Å². The van der Waals surface area contributed by atoms with Crippen molar-refractivity contribution in [2.75, 3.05) is 25.7 Å². The largest absolute Gasteiger partial charge is 0.466 e. The molecular weight excluding hydrogens is 538 g/mol. The van der Waals surface area contributed by atoms with Gasteiger partial charge < -0.3 is 45.1 Å². The number of allylic oxidation sites excluding steroid dienone is 1. The van der Waals surface area contributed by atoms with Gasteiger partial charge in [-0.3, -0.25) is 4.90 Å². The lowest BCUT2D eigenvalue weighted by Gasteiger charge is -2.39. The van der Waals surface area contributed by atoms with Crippen molar-refractivity contribution in [1.82, 2.24) is 0 Å². The predicted molar refractivity (Wildman–Crippen MR) is 140 cm³/mol. The van der Waals surface area contributed by atoms with Crippen LogP contribution in [0.5, 0.6) is 5.75 Å². The first-order chi connectivity index (χ1) is 19.7. The molecule has 6 N–H and O–H groups in total. The molecule has 0 spiro atoms. The number of nitrogens with two attached hydrogens (primary N) is 1. The van der Waals surface area contributed by atoms with Crippen molar-refractivity contribution in [3.05, 3.63) is 82.8 Å². The Morgan fingerprint density at radius 3 is 2.17 bits per heavy atom. The quantitative estimate of drug-likeness (QED) is 0.274. The van der Waals surface area contributed by atoms with E-state index in [1.807, 2.05) is 0 Å². The Hall–Kier alpha value is -4.45.